The van der Waals surface area contributed by atoms with Crippen LogP contribution in [-0.4, -0.2) is 58.8 Å². The lowest BCUT2D eigenvalue weighted by Crippen LogP contribution is -2.58. The normalized spacial score (nSPS) is 48.8. The fraction of sp³-hybridized carbons (Fsp3) is 0.828. The Labute approximate surface area is 205 Å². The highest BCUT2D eigenvalue weighted by Crippen LogP contribution is 2.65. The van der Waals surface area contributed by atoms with Crippen LogP contribution in [0.25, 0.3) is 0 Å². The minimum absolute atomic E-state index is 0.0783. The van der Waals surface area contributed by atoms with E-state index >= 15 is 0 Å². The van der Waals surface area contributed by atoms with Gasteiger partial charge in [0.15, 0.2) is 5.78 Å². The number of carbonyl (C=O) groups excluding carboxylic acids is 1. The molecule has 34 heavy (non-hydrogen) atoms. The molecule has 5 heteroatoms. The number of carbonyl (C=O) groups is 1. The molecule has 0 amide bonds. The largest absolute Gasteiger partial charge is 0.395 e. The highest BCUT2D eigenvalue weighted by Gasteiger charge is 2.63. The van der Waals surface area contributed by atoms with Crippen molar-refractivity contribution in [2.45, 2.75) is 108 Å². The van der Waals surface area contributed by atoms with E-state index in [-0.39, 0.29) is 23.2 Å². The molecule has 6 rings (SSSR count). The molecule has 0 aromatic heterocycles. The van der Waals surface area contributed by atoms with Gasteiger partial charge < -0.3 is 15.6 Å². The van der Waals surface area contributed by atoms with Crippen molar-refractivity contribution in [2.75, 3.05) is 19.7 Å². The summed E-state index contributed by atoms with van der Waals surface area (Å²) in [7, 11) is 0. The first-order chi connectivity index (χ1) is 16.2. The second kappa shape index (κ2) is 7.99. The fourth-order valence-corrected chi connectivity index (χ4v) is 9.74. The number of allylic oxidation sites excluding steroid dienone is 2. The number of ether oxygens (including phenoxy) is 1. The van der Waals surface area contributed by atoms with Crippen LogP contribution in [0.15, 0.2) is 22.8 Å². The molecule has 3 N–H and O–H groups in total. The number of hydrogen-bond acceptors (Lipinski definition) is 5. The van der Waals surface area contributed by atoms with Crippen molar-refractivity contribution in [3.8, 4) is 0 Å². The first-order valence-electron chi connectivity index (χ1n) is 14.0. The number of aliphatic hydroxyl groups is 1. The fourth-order valence-electron chi connectivity index (χ4n) is 9.74. The maximum Gasteiger partial charge on any atom is 0.155 e. The second-order valence-electron chi connectivity index (χ2n) is 12.9. The van der Waals surface area contributed by atoms with E-state index in [2.05, 4.69) is 25.7 Å². The molecule has 1 spiro atoms. The maximum atomic E-state index is 12.2. The van der Waals surface area contributed by atoms with Gasteiger partial charge in [0.25, 0.3) is 0 Å². The van der Waals surface area contributed by atoms with Gasteiger partial charge in [-0.3, -0.25) is 9.69 Å². The molecule has 2 saturated heterocycles. The summed E-state index contributed by atoms with van der Waals surface area (Å²) in [5, 5.41) is 9.65. The Bertz CT molecular complexity index is 940. The number of piperidine rings is 1. The summed E-state index contributed by atoms with van der Waals surface area (Å²) in [5.74, 6) is 1.66. The van der Waals surface area contributed by atoms with Crippen LogP contribution in [0.1, 0.15) is 85.0 Å². The van der Waals surface area contributed by atoms with Gasteiger partial charge in [0.05, 0.1) is 18.3 Å². The molecule has 188 valence electrons. The van der Waals surface area contributed by atoms with E-state index in [9.17, 15) is 9.90 Å². The summed E-state index contributed by atoms with van der Waals surface area (Å²) in [4.78, 5) is 14.7. The summed E-state index contributed by atoms with van der Waals surface area (Å²) in [6, 6.07) is 0.428. The number of nitrogens with two attached hydrogens (primary N) is 1. The van der Waals surface area contributed by atoms with E-state index in [1.165, 1.54) is 11.1 Å². The number of likely N-dealkylation sites (tertiary alicyclic amines) is 1. The third-order valence-corrected chi connectivity index (χ3v) is 11.5. The average molecular weight is 469 g/mol. The van der Waals surface area contributed by atoms with Gasteiger partial charge in [0.2, 0.25) is 0 Å². The molecule has 0 bridgehead atoms. The molecule has 2 heterocycles. The van der Waals surface area contributed by atoms with Crippen LogP contribution < -0.4 is 5.73 Å². The Kier molecular flexibility index (Phi) is 5.50. The number of nitrogens with zero attached hydrogens (tertiary/aromatic N) is 1. The molecule has 8 atom stereocenters. The van der Waals surface area contributed by atoms with Crippen molar-refractivity contribution in [1.29, 1.82) is 0 Å². The smallest absolute Gasteiger partial charge is 0.155 e. The average Bonchev–Trinajstić information content (AvgIpc) is 3.20. The summed E-state index contributed by atoms with van der Waals surface area (Å²) in [6.45, 7) is 9.26. The standard InChI is InChI=1S/C29H44N2O3/c1-18-17-28(19(2)26-24(34-28)5-4-12-31(26)13-14-32)10-8-23-22(18)16-25-27(3)9-7-21(33)15-20(27)6-11-29(23,25)30/h15,19,23-26,32H,4-14,16-17,30H2,1-3H3. The summed E-state index contributed by atoms with van der Waals surface area (Å²) >= 11 is 0. The number of rotatable bonds is 2. The SMILES string of the molecule is CC1=C2CC3C4(C)CCC(=O)C=C4CCC3(N)C2CCC2(C1)OC1CCCN(CCO)C1C2C. The first kappa shape index (κ1) is 23.4. The summed E-state index contributed by atoms with van der Waals surface area (Å²) in [5.41, 5.74) is 11.8. The monoisotopic (exact) mass is 468 g/mol. The Balaban J connectivity index is 1.32. The van der Waals surface area contributed by atoms with Crippen LogP contribution in [0.2, 0.25) is 0 Å². The van der Waals surface area contributed by atoms with Crippen molar-refractivity contribution in [1.82, 2.24) is 4.90 Å². The lowest BCUT2D eigenvalue weighted by Gasteiger charge is -2.53. The van der Waals surface area contributed by atoms with Crippen molar-refractivity contribution in [3.05, 3.63) is 22.8 Å². The third kappa shape index (κ3) is 3.16. The first-order valence-corrected chi connectivity index (χ1v) is 14.0. The van der Waals surface area contributed by atoms with E-state index < -0.39 is 0 Å². The van der Waals surface area contributed by atoms with Crippen molar-refractivity contribution >= 4 is 5.78 Å². The number of fused-ring (bicyclic) bond motifs is 6. The van der Waals surface area contributed by atoms with Gasteiger partial charge >= 0.3 is 0 Å². The zero-order valence-corrected chi connectivity index (χ0v) is 21.4. The van der Waals surface area contributed by atoms with Gasteiger partial charge in [-0.2, -0.15) is 0 Å². The number of ketones is 1. The van der Waals surface area contributed by atoms with Gasteiger partial charge in [-0.25, -0.2) is 0 Å². The molecule has 0 radical (unpaired) electrons. The molecular weight excluding hydrogens is 424 g/mol. The molecule has 5 nitrogen and oxygen atoms in total. The molecule has 8 unspecified atom stereocenters. The van der Waals surface area contributed by atoms with E-state index in [0.717, 1.165) is 70.9 Å². The van der Waals surface area contributed by atoms with E-state index in [1.54, 1.807) is 5.57 Å². The molecular formula is C29H44N2O3. The summed E-state index contributed by atoms with van der Waals surface area (Å²) in [6.07, 6.45) is 12.6. The Morgan fingerprint density at radius 1 is 1.24 bits per heavy atom. The van der Waals surface area contributed by atoms with Crippen molar-refractivity contribution < 1.29 is 14.6 Å². The van der Waals surface area contributed by atoms with Gasteiger partial charge in [-0.1, -0.05) is 30.6 Å². The van der Waals surface area contributed by atoms with Crippen LogP contribution >= 0.6 is 0 Å². The predicted molar refractivity (Wildman–Crippen MR) is 133 cm³/mol. The van der Waals surface area contributed by atoms with Crippen LogP contribution in [0.3, 0.4) is 0 Å². The van der Waals surface area contributed by atoms with Crippen molar-refractivity contribution in [3.63, 3.8) is 0 Å². The third-order valence-electron chi connectivity index (χ3n) is 11.5. The van der Waals surface area contributed by atoms with E-state index in [1.807, 2.05) is 6.08 Å². The maximum absolute atomic E-state index is 12.2. The van der Waals surface area contributed by atoms with Crippen LogP contribution in [-0.2, 0) is 9.53 Å². The quantitative estimate of drug-likeness (QED) is 0.596. The molecule has 6 aliphatic rings. The second-order valence-corrected chi connectivity index (χ2v) is 12.9. The van der Waals surface area contributed by atoms with Gasteiger partial charge in [0, 0.05) is 30.5 Å². The topological polar surface area (TPSA) is 75.8 Å². The molecule has 4 aliphatic carbocycles. The lowest BCUT2D eigenvalue weighted by atomic mass is 9.53. The van der Waals surface area contributed by atoms with Crippen LogP contribution in [0.4, 0.5) is 0 Å². The molecule has 0 aromatic rings. The molecule has 2 saturated carbocycles. The molecule has 0 aromatic carbocycles. The minimum Gasteiger partial charge on any atom is -0.395 e. The van der Waals surface area contributed by atoms with Crippen molar-refractivity contribution in [2.24, 2.45) is 28.9 Å². The Morgan fingerprint density at radius 2 is 2.06 bits per heavy atom. The highest BCUT2D eigenvalue weighted by atomic mass is 16.5. The number of aliphatic hydroxyl groups excluding tert-OH is 1. The number of β-amino-alcohol motifs (C(OH)–C–C–N with tert-alkyl or cyclic N) is 1. The van der Waals surface area contributed by atoms with Gasteiger partial charge in [-0.15, -0.1) is 0 Å². The summed E-state index contributed by atoms with van der Waals surface area (Å²) < 4.78 is 7.04. The zero-order chi connectivity index (χ0) is 23.9. The van der Waals surface area contributed by atoms with E-state index in [0.29, 0.717) is 42.1 Å². The van der Waals surface area contributed by atoms with Gasteiger partial charge in [0.1, 0.15) is 0 Å². The molecule has 2 aliphatic heterocycles. The van der Waals surface area contributed by atoms with Gasteiger partial charge in [-0.05, 0) is 94.6 Å². The Morgan fingerprint density at radius 3 is 2.85 bits per heavy atom. The number of hydrogen-bond donors (Lipinski definition) is 2. The van der Waals surface area contributed by atoms with Crippen LogP contribution in [0, 0.1) is 23.2 Å². The van der Waals surface area contributed by atoms with Crippen LogP contribution in [0.5, 0.6) is 0 Å². The highest BCUT2D eigenvalue weighted by molar-refractivity contribution is 5.91. The molecule has 4 fully saturated rings. The lowest BCUT2D eigenvalue weighted by molar-refractivity contribution is -0.116. The minimum atomic E-state index is -0.161. The Hall–Kier alpha value is -1.01. The zero-order valence-electron chi connectivity index (χ0n) is 21.4. The van der Waals surface area contributed by atoms with E-state index in [4.69, 9.17) is 10.5 Å². The predicted octanol–water partition coefficient (Wildman–Crippen LogP) is 4.14.